The predicted molar refractivity (Wildman–Crippen MR) is 70.2 cm³/mol. The van der Waals surface area contributed by atoms with Gasteiger partial charge >= 0.3 is 0 Å². The van der Waals surface area contributed by atoms with Crippen LogP contribution in [0.25, 0.3) is 0 Å². The van der Waals surface area contributed by atoms with E-state index >= 15 is 0 Å². The number of nitrogens with zero attached hydrogens (tertiary/aromatic N) is 1. The minimum Gasteiger partial charge on any atom is -0.393 e. The molecule has 1 saturated heterocycles. The Bertz CT molecular complexity index is 258. The van der Waals surface area contributed by atoms with Gasteiger partial charge < -0.3 is 10.6 Å². The van der Waals surface area contributed by atoms with Gasteiger partial charge in [-0.05, 0) is 25.2 Å². The van der Waals surface area contributed by atoms with Gasteiger partial charge in [0.2, 0.25) is 5.91 Å². The summed E-state index contributed by atoms with van der Waals surface area (Å²) in [6.07, 6.45) is 3.52. The largest absolute Gasteiger partial charge is 0.393 e. The number of amides is 1. The van der Waals surface area contributed by atoms with E-state index in [2.05, 4.69) is 13.8 Å². The first-order valence-electron chi connectivity index (χ1n) is 6.07. The fraction of sp³-hybridized carbons (Fsp3) is 0.833. The standard InChI is InChI=1S/C12H22N2OS/c1-9(2)3-4-11(15)14-7-5-10(6-8-14)12(13)16/h9-10H,3-8H2,1-2H3,(H2,13,16). The molecule has 0 aromatic rings. The minimum absolute atomic E-state index is 0.287. The Labute approximate surface area is 103 Å². The SMILES string of the molecule is CC(C)CCC(=O)N1CCC(C(N)=S)CC1. The number of hydrogen-bond donors (Lipinski definition) is 1. The molecule has 0 bridgehead atoms. The number of carbonyl (C=O) groups is 1. The molecule has 0 aromatic heterocycles. The van der Waals surface area contributed by atoms with E-state index in [0.717, 1.165) is 32.4 Å². The van der Waals surface area contributed by atoms with Crippen LogP contribution in [0, 0.1) is 11.8 Å². The summed E-state index contributed by atoms with van der Waals surface area (Å²) in [5.41, 5.74) is 5.62. The lowest BCUT2D eigenvalue weighted by Gasteiger charge is -2.31. The highest BCUT2D eigenvalue weighted by atomic mass is 32.1. The van der Waals surface area contributed by atoms with Crippen molar-refractivity contribution in [3.8, 4) is 0 Å². The average Bonchev–Trinajstić information content (AvgIpc) is 2.26. The van der Waals surface area contributed by atoms with E-state index in [-0.39, 0.29) is 5.91 Å². The second kappa shape index (κ2) is 6.18. The molecule has 0 atom stereocenters. The Kier molecular flexibility index (Phi) is 5.19. The van der Waals surface area contributed by atoms with Gasteiger partial charge in [-0.3, -0.25) is 4.79 Å². The molecule has 2 N–H and O–H groups in total. The highest BCUT2D eigenvalue weighted by Gasteiger charge is 2.23. The number of piperidine rings is 1. The molecule has 1 aliphatic heterocycles. The predicted octanol–water partition coefficient (Wildman–Crippen LogP) is 1.95. The van der Waals surface area contributed by atoms with Crippen molar-refractivity contribution in [2.45, 2.75) is 39.5 Å². The summed E-state index contributed by atoms with van der Waals surface area (Å²) in [6.45, 7) is 5.93. The van der Waals surface area contributed by atoms with Crippen LogP contribution in [0.1, 0.15) is 39.5 Å². The van der Waals surface area contributed by atoms with Crippen LogP contribution in [-0.2, 0) is 4.79 Å². The third-order valence-electron chi connectivity index (χ3n) is 3.19. The zero-order chi connectivity index (χ0) is 12.1. The van der Waals surface area contributed by atoms with Crippen LogP contribution in [-0.4, -0.2) is 28.9 Å². The molecule has 1 aliphatic rings. The molecule has 0 aliphatic carbocycles. The third kappa shape index (κ3) is 4.08. The van der Waals surface area contributed by atoms with Crippen molar-refractivity contribution >= 4 is 23.1 Å². The molecule has 3 nitrogen and oxygen atoms in total. The molecule has 16 heavy (non-hydrogen) atoms. The molecule has 0 spiro atoms. The summed E-state index contributed by atoms with van der Waals surface area (Å²) < 4.78 is 0. The quantitative estimate of drug-likeness (QED) is 0.766. The first-order chi connectivity index (χ1) is 7.50. The summed E-state index contributed by atoms with van der Waals surface area (Å²) in [5, 5.41) is 0. The molecule has 0 saturated carbocycles. The van der Waals surface area contributed by atoms with Crippen molar-refractivity contribution in [2.24, 2.45) is 17.6 Å². The second-order valence-corrected chi connectivity index (χ2v) is 5.46. The third-order valence-corrected chi connectivity index (χ3v) is 3.52. The monoisotopic (exact) mass is 242 g/mol. The van der Waals surface area contributed by atoms with E-state index in [1.807, 2.05) is 4.90 Å². The minimum atomic E-state index is 0.287. The molecule has 92 valence electrons. The average molecular weight is 242 g/mol. The van der Waals surface area contributed by atoms with E-state index in [4.69, 9.17) is 18.0 Å². The molecule has 1 fully saturated rings. The van der Waals surface area contributed by atoms with E-state index in [0.29, 0.717) is 23.2 Å². The normalized spacial score (nSPS) is 17.8. The van der Waals surface area contributed by atoms with Gasteiger partial charge in [0.05, 0.1) is 4.99 Å². The zero-order valence-corrected chi connectivity index (χ0v) is 11.1. The molecule has 1 heterocycles. The second-order valence-electron chi connectivity index (χ2n) is 4.99. The first kappa shape index (κ1) is 13.4. The van der Waals surface area contributed by atoms with Crippen LogP contribution in [0.3, 0.4) is 0 Å². The summed E-state index contributed by atoms with van der Waals surface area (Å²) >= 11 is 4.98. The maximum Gasteiger partial charge on any atom is 0.222 e. The number of carbonyl (C=O) groups excluding carboxylic acids is 1. The molecular weight excluding hydrogens is 220 g/mol. The zero-order valence-electron chi connectivity index (χ0n) is 10.2. The van der Waals surface area contributed by atoms with E-state index in [1.54, 1.807) is 0 Å². The molecule has 1 amide bonds. The van der Waals surface area contributed by atoms with Gasteiger partial charge in [-0.15, -0.1) is 0 Å². The Hall–Kier alpha value is -0.640. The summed E-state index contributed by atoms with van der Waals surface area (Å²) in [6, 6.07) is 0. The smallest absolute Gasteiger partial charge is 0.222 e. The number of hydrogen-bond acceptors (Lipinski definition) is 2. The van der Waals surface area contributed by atoms with Gasteiger partial charge in [0.25, 0.3) is 0 Å². The van der Waals surface area contributed by atoms with Gasteiger partial charge in [-0.2, -0.15) is 0 Å². The Morgan fingerprint density at radius 1 is 1.44 bits per heavy atom. The van der Waals surface area contributed by atoms with Crippen LogP contribution in [0.2, 0.25) is 0 Å². The van der Waals surface area contributed by atoms with E-state index in [1.165, 1.54) is 0 Å². The van der Waals surface area contributed by atoms with E-state index < -0.39 is 0 Å². The summed E-state index contributed by atoms with van der Waals surface area (Å²) in [4.78, 5) is 14.4. The topological polar surface area (TPSA) is 46.3 Å². The summed E-state index contributed by atoms with van der Waals surface area (Å²) in [7, 11) is 0. The maximum absolute atomic E-state index is 11.8. The number of nitrogens with two attached hydrogens (primary N) is 1. The van der Waals surface area contributed by atoms with Crippen molar-refractivity contribution in [2.75, 3.05) is 13.1 Å². The van der Waals surface area contributed by atoms with Gasteiger partial charge in [0, 0.05) is 25.4 Å². The summed E-state index contributed by atoms with van der Waals surface area (Å²) in [5.74, 6) is 1.22. The van der Waals surface area contributed by atoms with Crippen molar-refractivity contribution in [1.82, 2.24) is 4.90 Å². The molecule has 0 radical (unpaired) electrons. The fourth-order valence-corrected chi connectivity index (χ4v) is 2.22. The van der Waals surface area contributed by atoms with Gasteiger partial charge in [0.1, 0.15) is 0 Å². The van der Waals surface area contributed by atoms with Crippen LogP contribution in [0.15, 0.2) is 0 Å². The highest BCUT2D eigenvalue weighted by Crippen LogP contribution is 2.18. The van der Waals surface area contributed by atoms with Crippen molar-refractivity contribution < 1.29 is 4.79 Å². The molecule has 0 unspecified atom stereocenters. The lowest BCUT2D eigenvalue weighted by atomic mass is 9.96. The maximum atomic E-state index is 11.8. The van der Waals surface area contributed by atoms with Gasteiger partial charge in [0.15, 0.2) is 0 Å². The highest BCUT2D eigenvalue weighted by molar-refractivity contribution is 7.80. The van der Waals surface area contributed by atoms with Crippen molar-refractivity contribution in [1.29, 1.82) is 0 Å². The molecule has 0 aromatic carbocycles. The molecule has 4 heteroatoms. The van der Waals surface area contributed by atoms with E-state index in [9.17, 15) is 4.79 Å². The first-order valence-corrected chi connectivity index (χ1v) is 6.48. The molecule has 1 rings (SSSR count). The Morgan fingerprint density at radius 3 is 2.44 bits per heavy atom. The van der Waals surface area contributed by atoms with Crippen molar-refractivity contribution in [3.63, 3.8) is 0 Å². The lowest BCUT2D eigenvalue weighted by molar-refractivity contribution is -0.132. The lowest BCUT2D eigenvalue weighted by Crippen LogP contribution is -2.41. The van der Waals surface area contributed by atoms with Crippen molar-refractivity contribution in [3.05, 3.63) is 0 Å². The van der Waals surface area contributed by atoms with Crippen LogP contribution in [0.5, 0.6) is 0 Å². The molecular formula is C12H22N2OS. The van der Waals surface area contributed by atoms with Crippen LogP contribution >= 0.6 is 12.2 Å². The van der Waals surface area contributed by atoms with Gasteiger partial charge in [-0.25, -0.2) is 0 Å². The Balaban J connectivity index is 2.30. The number of rotatable bonds is 4. The fourth-order valence-electron chi connectivity index (χ4n) is 1.98. The number of likely N-dealkylation sites (tertiary alicyclic amines) is 1. The number of thiocarbonyl (C=S) groups is 1. The van der Waals surface area contributed by atoms with Crippen LogP contribution in [0.4, 0.5) is 0 Å². The van der Waals surface area contributed by atoms with Crippen LogP contribution < -0.4 is 5.73 Å². The Morgan fingerprint density at radius 2 is 2.00 bits per heavy atom. The van der Waals surface area contributed by atoms with Gasteiger partial charge in [-0.1, -0.05) is 26.1 Å².